The standard InChI is InChI=1S/C17H33NO3/c1-5-6-7-8-9-10-11-12-13-17(21,14-16(19)20)15-18(2,3)4/h10-11,21H,5-9,12-15H2,1-4H3. The van der Waals surface area contributed by atoms with Gasteiger partial charge in [-0.3, -0.25) is 0 Å². The van der Waals surface area contributed by atoms with Gasteiger partial charge in [0.1, 0.15) is 12.1 Å². The summed E-state index contributed by atoms with van der Waals surface area (Å²) in [5, 5.41) is 21.4. The summed E-state index contributed by atoms with van der Waals surface area (Å²) in [4.78, 5) is 10.8. The maximum Gasteiger partial charge on any atom is 0.119 e. The zero-order chi connectivity index (χ0) is 16.4. The molecule has 21 heavy (non-hydrogen) atoms. The van der Waals surface area contributed by atoms with Crippen molar-refractivity contribution in [3.8, 4) is 0 Å². The molecule has 0 saturated heterocycles. The molecule has 0 heterocycles. The number of aliphatic hydroxyl groups is 1. The Morgan fingerprint density at radius 1 is 1.14 bits per heavy atom. The summed E-state index contributed by atoms with van der Waals surface area (Å²) in [7, 11) is 5.84. The van der Waals surface area contributed by atoms with Gasteiger partial charge in [-0.1, -0.05) is 38.3 Å². The lowest BCUT2D eigenvalue weighted by molar-refractivity contribution is -0.877. The van der Waals surface area contributed by atoms with Gasteiger partial charge in [0.25, 0.3) is 0 Å². The first-order valence-electron chi connectivity index (χ1n) is 8.06. The van der Waals surface area contributed by atoms with Crippen molar-refractivity contribution in [2.24, 2.45) is 0 Å². The van der Waals surface area contributed by atoms with Crippen molar-refractivity contribution in [2.45, 2.75) is 63.9 Å². The zero-order valence-corrected chi connectivity index (χ0v) is 14.2. The molecule has 0 radical (unpaired) electrons. The third-order valence-corrected chi connectivity index (χ3v) is 3.41. The van der Waals surface area contributed by atoms with Gasteiger partial charge in [-0.2, -0.15) is 0 Å². The number of carbonyl (C=O) groups is 1. The van der Waals surface area contributed by atoms with Crippen molar-refractivity contribution in [1.29, 1.82) is 0 Å². The molecule has 1 N–H and O–H groups in total. The van der Waals surface area contributed by atoms with Crippen LogP contribution in [-0.2, 0) is 4.79 Å². The van der Waals surface area contributed by atoms with E-state index in [1.165, 1.54) is 25.7 Å². The number of carboxylic acid groups (broad SMARTS) is 1. The molecule has 124 valence electrons. The largest absolute Gasteiger partial charge is 0.550 e. The van der Waals surface area contributed by atoms with E-state index in [0.717, 1.165) is 6.42 Å². The SMILES string of the molecule is CCCCCCC=CCCC(O)(CC(=O)[O-])C[N+](C)(C)C. The van der Waals surface area contributed by atoms with Crippen LogP contribution in [0.2, 0.25) is 0 Å². The lowest BCUT2D eigenvalue weighted by Gasteiger charge is -2.35. The average molecular weight is 299 g/mol. The highest BCUT2D eigenvalue weighted by molar-refractivity contribution is 5.65. The van der Waals surface area contributed by atoms with Crippen LogP contribution in [0.25, 0.3) is 0 Å². The summed E-state index contributed by atoms with van der Waals surface area (Å²) < 4.78 is 0.532. The van der Waals surface area contributed by atoms with Gasteiger partial charge in [0, 0.05) is 12.4 Å². The molecule has 0 rings (SSSR count). The lowest BCUT2D eigenvalue weighted by atomic mass is 9.92. The molecule has 0 fully saturated rings. The average Bonchev–Trinajstić information content (AvgIpc) is 2.29. The van der Waals surface area contributed by atoms with E-state index in [1.54, 1.807) is 0 Å². The fourth-order valence-electron chi connectivity index (χ4n) is 2.65. The van der Waals surface area contributed by atoms with Crippen molar-refractivity contribution < 1.29 is 19.5 Å². The van der Waals surface area contributed by atoms with E-state index in [4.69, 9.17) is 0 Å². The predicted molar refractivity (Wildman–Crippen MR) is 84.6 cm³/mol. The van der Waals surface area contributed by atoms with E-state index >= 15 is 0 Å². The van der Waals surface area contributed by atoms with Crippen molar-refractivity contribution in [2.75, 3.05) is 27.7 Å². The molecule has 0 aromatic heterocycles. The number of rotatable bonds is 12. The van der Waals surface area contributed by atoms with E-state index in [0.29, 0.717) is 23.9 Å². The Morgan fingerprint density at radius 2 is 1.76 bits per heavy atom. The molecule has 0 aromatic carbocycles. The number of nitrogens with zero attached hydrogens (tertiary/aromatic N) is 1. The van der Waals surface area contributed by atoms with Crippen molar-refractivity contribution in [1.82, 2.24) is 0 Å². The van der Waals surface area contributed by atoms with Gasteiger partial charge in [0.2, 0.25) is 0 Å². The Balaban J connectivity index is 4.18. The minimum Gasteiger partial charge on any atom is -0.550 e. The molecule has 0 amide bonds. The van der Waals surface area contributed by atoms with Crippen LogP contribution in [0, 0.1) is 0 Å². The Labute approximate surface area is 130 Å². The van der Waals surface area contributed by atoms with Crippen LogP contribution >= 0.6 is 0 Å². The van der Waals surface area contributed by atoms with Crippen molar-refractivity contribution in [3.63, 3.8) is 0 Å². The van der Waals surface area contributed by atoms with Crippen LogP contribution in [-0.4, -0.2) is 48.8 Å². The van der Waals surface area contributed by atoms with E-state index in [1.807, 2.05) is 21.1 Å². The Morgan fingerprint density at radius 3 is 2.29 bits per heavy atom. The quantitative estimate of drug-likeness (QED) is 0.340. The minimum atomic E-state index is -1.19. The highest BCUT2D eigenvalue weighted by Crippen LogP contribution is 2.21. The third kappa shape index (κ3) is 12.6. The van der Waals surface area contributed by atoms with Gasteiger partial charge in [-0.25, -0.2) is 0 Å². The topological polar surface area (TPSA) is 60.4 Å². The number of hydrogen-bond donors (Lipinski definition) is 1. The second-order valence-electron chi connectivity index (χ2n) is 7.08. The van der Waals surface area contributed by atoms with Crippen LogP contribution in [0.3, 0.4) is 0 Å². The number of hydrogen-bond acceptors (Lipinski definition) is 3. The maximum atomic E-state index is 10.8. The van der Waals surface area contributed by atoms with Gasteiger partial charge in [0.15, 0.2) is 0 Å². The minimum absolute atomic E-state index is 0.299. The van der Waals surface area contributed by atoms with Crippen molar-refractivity contribution in [3.05, 3.63) is 12.2 Å². The second kappa shape index (κ2) is 9.96. The van der Waals surface area contributed by atoms with Crippen LogP contribution < -0.4 is 5.11 Å². The molecule has 0 aliphatic heterocycles. The lowest BCUT2D eigenvalue weighted by Crippen LogP contribution is -2.51. The van der Waals surface area contributed by atoms with E-state index in [-0.39, 0.29) is 6.42 Å². The summed E-state index contributed by atoms with van der Waals surface area (Å²) in [5.41, 5.74) is -1.19. The van der Waals surface area contributed by atoms with Gasteiger partial charge >= 0.3 is 0 Å². The van der Waals surface area contributed by atoms with Crippen LogP contribution in [0.15, 0.2) is 12.2 Å². The Hall–Kier alpha value is -0.870. The number of carboxylic acids is 1. The van der Waals surface area contributed by atoms with Gasteiger partial charge < -0.3 is 19.5 Å². The highest BCUT2D eigenvalue weighted by Gasteiger charge is 2.32. The van der Waals surface area contributed by atoms with E-state index in [9.17, 15) is 15.0 Å². The van der Waals surface area contributed by atoms with Crippen molar-refractivity contribution >= 4 is 5.97 Å². The summed E-state index contributed by atoms with van der Waals surface area (Å²) in [5.74, 6) is -1.19. The molecule has 0 aliphatic rings. The first kappa shape index (κ1) is 20.1. The number of aliphatic carboxylic acids is 1. The second-order valence-corrected chi connectivity index (χ2v) is 7.08. The Kier molecular flexibility index (Phi) is 9.54. The smallest absolute Gasteiger partial charge is 0.119 e. The van der Waals surface area contributed by atoms with E-state index < -0.39 is 11.6 Å². The molecule has 0 aliphatic carbocycles. The van der Waals surface area contributed by atoms with E-state index in [2.05, 4.69) is 19.1 Å². The zero-order valence-electron chi connectivity index (χ0n) is 14.2. The molecular formula is C17H33NO3. The molecule has 0 aromatic rings. The van der Waals surface area contributed by atoms with Crippen LogP contribution in [0.5, 0.6) is 0 Å². The first-order chi connectivity index (χ1) is 9.68. The number of carbonyl (C=O) groups excluding carboxylic acids is 1. The maximum absolute atomic E-state index is 10.8. The summed E-state index contributed by atoms with van der Waals surface area (Å²) in [6, 6.07) is 0. The number of quaternary nitrogens is 1. The molecule has 0 bridgehead atoms. The molecule has 1 atom stereocenters. The fourth-order valence-corrected chi connectivity index (χ4v) is 2.65. The van der Waals surface area contributed by atoms with Crippen LogP contribution in [0.1, 0.15) is 58.3 Å². The molecule has 1 unspecified atom stereocenters. The highest BCUT2D eigenvalue weighted by atomic mass is 16.4. The number of likely N-dealkylation sites (N-methyl/N-ethyl adjacent to an activating group) is 1. The molecule has 4 nitrogen and oxygen atoms in total. The van der Waals surface area contributed by atoms with Gasteiger partial charge in [-0.05, 0) is 25.7 Å². The number of unbranched alkanes of at least 4 members (excludes halogenated alkanes) is 4. The predicted octanol–water partition coefficient (Wildman–Crippen LogP) is 1.87. The normalized spacial score (nSPS) is 15.3. The Bertz CT molecular complexity index is 320. The third-order valence-electron chi connectivity index (χ3n) is 3.41. The summed E-state index contributed by atoms with van der Waals surface area (Å²) >= 11 is 0. The monoisotopic (exact) mass is 299 g/mol. The molecule has 4 heteroatoms. The molecule has 0 spiro atoms. The fraction of sp³-hybridized carbons (Fsp3) is 0.824. The van der Waals surface area contributed by atoms with Gasteiger partial charge in [0.05, 0.1) is 21.1 Å². The van der Waals surface area contributed by atoms with Gasteiger partial charge in [-0.15, -0.1) is 0 Å². The molecular weight excluding hydrogens is 266 g/mol. The summed E-state index contributed by atoms with van der Waals surface area (Å²) in [6.45, 7) is 2.60. The summed E-state index contributed by atoms with van der Waals surface area (Å²) in [6.07, 6.45) is 11.1. The molecule has 0 saturated carbocycles. The first-order valence-corrected chi connectivity index (χ1v) is 8.06. The number of allylic oxidation sites excluding steroid dienone is 2. The van der Waals surface area contributed by atoms with Crippen LogP contribution in [0.4, 0.5) is 0 Å².